The Morgan fingerprint density at radius 1 is 1.28 bits per heavy atom. The van der Waals surface area contributed by atoms with Gasteiger partial charge < -0.3 is 5.73 Å². The average Bonchev–Trinajstić information content (AvgIpc) is 3.13. The third-order valence-electron chi connectivity index (χ3n) is 8.13. The van der Waals surface area contributed by atoms with E-state index in [9.17, 15) is 9.18 Å². The maximum atomic E-state index is 13.9. The minimum Gasteiger partial charge on any atom is -0.370 e. The van der Waals surface area contributed by atoms with Crippen LogP contribution in [0.5, 0.6) is 0 Å². The predicted molar refractivity (Wildman–Crippen MR) is 128 cm³/mol. The topological polar surface area (TPSA) is 56.0 Å². The lowest BCUT2D eigenvalue weighted by molar-refractivity contribution is -0.118. The number of allylic oxidation sites excluding steroid dienone is 2. The van der Waals surface area contributed by atoms with Crippen molar-refractivity contribution in [2.75, 3.05) is 5.75 Å². The molecule has 1 heterocycles. The van der Waals surface area contributed by atoms with Gasteiger partial charge in [-0.3, -0.25) is 9.78 Å². The van der Waals surface area contributed by atoms with Crippen LogP contribution in [0.15, 0.2) is 47.6 Å². The average molecular weight is 451 g/mol. The number of aromatic nitrogens is 1. The number of amides is 1. The molecule has 3 aliphatic rings. The van der Waals surface area contributed by atoms with Gasteiger partial charge in [-0.15, -0.1) is 11.8 Å². The zero-order valence-electron chi connectivity index (χ0n) is 18.6. The molecule has 0 bridgehead atoms. The number of rotatable bonds is 6. The zero-order chi connectivity index (χ0) is 22.3. The number of nitrogens with two attached hydrogens (primary N) is 1. The molecule has 32 heavy (non-hydrogen) atoms. The number of halogens is 1. The van der Waals surface area contributed by atoms with Gasteiger partial charge in [-0.25, -0.2) is 4.39 Å². The lowest BCUT2D eigenvalue weighted by Gasteiger charge is -2.50. The molecule has 5 rings (SSSR count). The fourth-order valence-corrected chi connectivity index (χ4v) is 7.57. The molecular formula is C27H31FN2OS. The normalized spacial score (nSPS) is 28.4. The Kier molecular flexibility index (Phi) is 5.87. The standard InChI is InChI=1S/C27H31FN2OS/c1-27-11-10-22-21-7-5-20(32-12-2-3-26(29)31)14-17(21)4-6-23(22)25(27)9-8-24(27)18-13-19(28)16-30-15-18/h5,7-8,13-16,22-23,25H,2-4,6,9-12H2,1H3,(H2,29,31). The number of hydrogen-bond acceptors (Lipinski definition) is 3. The number of primary amides is 1. The molecule has 1 aromatic heterocycles. The van der Waals surface area contributed by atoms with Crippen LogP contribution >= 0.6 is 11.8 Å². The molecule has 1 saturated carbocycles. The second-order valence-electron chi connectivity index (χ2n) is 9.90. The summed E-state index contributed by atoms with van der Waals surface area (Å²) in [4.78, 5) is 16.4. The second kappa shape index (κ2) is 8.66. The molecule has 3 nitrogen and oxygen atoms in total. The molecule has 4 unspecified atom stereocenters. The van der Waals surface area contributed by atoms with E-state index in [4.69, 9.17) is 5.73 Å². The number of hydrogen-bond donors (Lipinski definition) is 1. The fraction of sp³-hybridized carbons (Fsp3) is 0.481. The van der Waals surface area contributed by atoms with E-state index in [2.05, 4.69) is 36.2 Å². The molecule has 4 atom stereocenters. The smallest absolute Gasteiger partial charge is 0.217 e. The molecule has 1 amide bonds. The Hall–Kier alpha value is -2.14. The number of carbonyl (C=O) groups excluding carboxylic acids is 1. The van der Waals surface area contributed by atoms with E-state index in [1.165, 1.54) is 35.1 Å². The molecule has 2 aromatic rings. The Bertz CT molecular complexity index is 1070. The van der Waals surface area contributed by atoms with Crippen LogP contribution in [0.1, 0.15) is 68.1 Å². The van der Waals surface area contributed by atoms with Crippen molar-refractivity contribution in [2.24, 2.45) is 23.0 Å². The number of benzene rings is 1. The van der Waals surface area contributed by atoms with Crippen LogP contribution in [0.2, 0.25) is 0 Å². The molecule has 2 N–H and O–H groups in total. The van der Waals surface area contributed by atoms with Crippen LogP contribution < -0.4 is 5.73 Å². The van der Waals surface area contributed by atoms with Gasteiger partial charge in [0.05, 0.1) is 6.20 Å². The Morgan fingerprint density at radius 3 is 2.97 bits per heavy atom. The second-order valence-corrected chi connectivity index (χ2v) is 11.1. The lowest BCUT2D eigenvalue weighted by atomic mass is 9.54. The number of aryl methyl sites for hydroxylation is 1. The van der Waals surface area contributed by atoms with Gasteiger partial charge in [-0.05, 0) is 108 Å². The van der Waals surface area contributed by atoms with Crippen LogP contribution in [0.25, 0.3) is 5.57 Å². The van der Waals surface area contributed by atoms with E-state index in [1.54, 1.807) is 11.6 Å². The lowest BCUT2D eigenvalue weighted by Crippen LogP contribution is -2.40. The molecule has 0 radical (unpaired) electrons. The summed E-state index contributed by atoms with van der Waals surface area (Å²) in [6, 6.07) is 8.66. The minimum atomic E-state index is -0.251. The van der Waals surface area contributed by atoms with Crippen molar-refractivity contribution in [3.63, 3.8) is 0 Å². The first kappa shape index (κ1) is 21.7. The molecule has 0 saturated heterocycles. The summed E-state index contributed by atoms with van der Waals surface area (Å²) >= 11 is 1.83. The number of thioether (sulfide) groups is 1. The van der Waals surface area contributed by atoms with E-state index in [0.29, 0.717) is 24.2 Å². The predicted octanol–water partition coefficient (Wildman–Crippen LogP) is 6.13. The van der Waals surface area contributed by atoms with Crippen molar-refractivity contribution in [2.45, 2.75) is 62.7 Å². The van der Waals surface area contributed by atoms with Crippen molar-refractivity contribution in [1.29, 1.82) is 0 Å². The zero-order valence-corrected chi connectivity index (χ0v) is 19.5. The minimum absolute atomic E-state index is 0.115. The van der Waals surface area contributed by atoms with Gasteiger partial charge >= 0.3 is 0 Å². The molecule has 0 aliphatic heterocycles. The van der Waals surface area contributed by atoms with Gasteiger partial charge in [0.15, 0.2) is 0 Å². The van der Waals surface area contributed by atoms with E-state index in [1.807, 2.05) is 18.0 Å². The first-order valence-corrected chi connectivity index (χ1v) is 12.8. The molecule has 1 aromatic carbocycles. The maximum absolute atomic E-state index is 13.9. The summed E-state index contributed by atoms with van der Waals surface area (Å²) in [6.45, 7) is 2.40. The highest BCUT2D eigenvalue weighted by atomic mass is 32.2. The molecule has 1 fully saturated rings. The molecule has 5 heteroatoms. The number of fused-ring (bicyclic) bond motifs is 5. The monoisotopic (exact) mass is 450 g/mol. The third-order valence-corrected chi connectivity index (χ3v) is 9.21. The van der Waals surface area contributed by atoms with Gasteiger partial charge in [-0.2, -0.15) is 0 Å². The van der Waals surface area contributed by atoms with Gasteiger partial charge in [0.2, 0.25) is 5.91 Å². The van der Waals surface area contributed by atoms with Crippen LogP contribution in [0, 0.1) is 23.1 Å². The van der Waals surface area contributed by atoms with Crippen molar-refractivity contribution in [3.8, 4) is 0 Å². The van der Waals surface area contributed by atoms with Crippen LogP contribution in [0.3, 0.4) is 0 Å². The summed E-state index contributed by atoms with van der Waals surface area (Å²) < 4.78 is 13.9. The quantitative estimate of drug-likeness (QED) is 0.426. The largest absolute Gasteiger partial charge is 0.370 e. The Balaban J connectivity index is 1.32. The third kappa shape index (κ3) is 3.89. The highest BCUT2D eigenvalue weighted by molar-refractivity contribution is 7.99. The van der Waals surface area contributed by atoms with Crippen molar-refractivity contribution < 1.29 is 9.18 Å². The van der Waals surface area contributed by atoms with E-state index >= 15 is 0 Å². The molecular weight excluding hydrogens is 419 g/mol. The van der Waals surface area contributed by atoms with Gasteiger partial charge in [-0.1, -0.05) is 19.1 Å². The summed E-state index contributed by atoms with van der Waals surface area (Å²) in [6.07, 6.45) is 12.6. The number of pyridine rings is 1. The van der Waals surface area contributed by atoms with Gasteiger partial charge in [0.1, 0.15) is 5.82 Å². The van der Waals surface area contributed by atoms with Gasteiger partial charge in [0, 0.05) is 17.5 Å². The summed E-state index contributed by atoms with van der Waals surface area (Å²) in [5.74, 6) is 2.39. The van der Waals surface area contributed by atoms with Crippen LogP contribution in [0.4, 0.5) is 4.39 Å². The first-order valence-electron chi connectivity index (χ1n) is 11.8. The highest BCUT2D eigenvalue weighted by Gasteiger charge is 2.51. The van der Waals surface area contributed by atoms with Gasteiger partial charge in [0.25, 0.3) is 0 Å². The highest BCUT2D eigenvalue weighted by Crippen LogP contribution is 2.63. The van der Waals surface area contributed by atoms with Crippen molar-refractivity contribution in [1.82, 2.24) is 4.98 Å². The molecule has 3 aliphatic carbocycles. The van der Waals surface area contributed by atoms with Crippen LogP contribution in [-0.4, -0.2) is 16.6 Å². The molecule has 168 valence electrons. The SMILES string of the molecule is CC12CCC3c4ccc(SCCCC(N)=O)cc4CCC3C1CC=C2c1cncc(F)c1. The fourth-order valence-electron chi connectivity index (χ4n) is 6.66. The van der Waals surface area contributed by atoms with E-state index in [0.717, 1.165) is 37.0 Å². The van der Waals surface area contributed by atoms with Crippen molar-refractivity contribution in [3.05, 3.63) is 65.2 Å². The maximum Gasteiger partial charge on any atom is 0.217 e. The summed E-state index contributed by atoms with van der Waals surface area (Å²) in [7, 11) is 0. The van der Waals surface area contributed by atoms with Crippen molar-refractivity contribution >= 4 is 23.2 Å². The number of carbonyl (C=O) groups is 1. The Morgan fingerprint density at radius 2 is 2.16 bits per heavy atom. The summed E-state index contributed by atoms with van der Waals surface area (Å²) in [5, 5.41) is 0. The van der Waals surface area contributed by atoms with E-state index < -0.39 is 0 Å². The first-order chi connectivity index (χ1) is 15.5. The molecule has 0 spiro atoms. The summed E-state index contributed by atoms with van der Waals surface area (Å²) in [5.41, 5.74) is 10.7. The number of nitrogens with zero attached hydrogens (tertiary/aromatic N) is 1. The van der Waals surface area contributed by atoms with Crippen LogP contribution in [-0.2, 0) is 11.2 Å². The van der Waals surface area contributed by atoms with E-state index in [-0.39, 0.29) is 17.1 Å². The Labute approximate surface area is 194 Å².